The minimum atomic E-state index is -1.91. The van der Waals surface area contributed by atoms with E-state index in [1.165, 1.54) is 12.4 Å². The summed E-state index contributed by atoms with van der Waals surface area (Å²) in [6.45, 7) is 0. The zero-order chi connectivity index (χ0) is 14.4. The summed E-state index contributed by atoms with van der Waals surface area (Å²) in [5.74, 6) is -1.44. The average molecular weight is 278 g/mol. The number of aliphatic hydroxyl groups is 3. The van der Waals surface area contributed by atoms with E-state index >= 15 is 0 Å². The van der Waals surface area contributed by atoms with Gasteiger partial charge in [-0.25, -0.2) is 9.97 Å². The molecule has 0 bridgehead atoms. The molecule has 20 heavy (non-hydrogen) atoms. The summed E-state index contributed by atoms with van der Waals surface area (Å²) in [5, 5.41) is 28.7. The van der Waals surface area contributed by atoms with Crippen LogP contribution >= 0.6 is 0 Å². The number of Topliss-reactive ketones (excluding diaryl/α,β-unsaturated/α-hetero) is 2. The summed E-state index contributed by atoms with van der Waals surface area (Å²) >= 11 is 0. The van der Waals surface area contributed by atoms with Gasteiger partial charge in [-0.05, 0) is 0 Å². The molecule has 3 unspecified atom stereocenters. The second-order valence-electron chi connectivity index (χ2n) is 4.36. The van der Waals surface area contributed by atoms with Gasteiger partial charge in [0.25, 0.3) is 0 Å². The summed E-state index contributed by atoms with van der Waals surface area (Å²) in [6.07, 6.45) is -2.71. The van der Waals surface area contributed by atoms with Crippen molar-refractivity contribution in [3.8, 4) is 11.6 Å². The largest absolute Gasteiger partial charge is 0.387 e. The minimum Gasteiger partial charge on any atom is -0.387 e. The number of rotatable bonds is 1. The Morgan fingerprint density at radius 2 is 1.75 bits per heavy atom. The highest BCUT2D eigenvalue weighted by atomic mass is 16.4. The molecule has 104 valence electrons. The highest BCUT2D eigenvalue weighted by Gasteiger charge is 2.43. The number of hydrogen-bond acceptors (Lipinski definition) is 7. The molecule has 2 aromatic rings. The number of imidazole rings is 2. The number of nitrogens with one attached hydrogen (secondary N) is 2. The molecule has 5 N–H and O–H groups in total. The number of fused-ring (bicyclic) bond motifs is 1. The van der Waals surface area contributed by atoms with Crippen LogP contribution < -0.4 is 0 Å². The van der Waals surface area contributed by atoms with Crippen molar-refractivity contribution < 1.29 is 24.9 Å². The van der Waals surface area contributed by atoms with E-state index < -0.39 is 29.9 Å². The van der Waals surface area contributed by atoms with Crippen LogP contribution in [-0.2, 0) is 0 Å². The molecule has 2 aromatic heterocycles. The average Bonchev–Trinajstić information content (AvgIpc) is 3.09. The SMILES string of the molecule is O=C1c2nc(-c3ncc[nH]3)[nH]c2C(=O)C(O)C(O)C1O. The summed E-state index contributed by atoms with van der Waals surface area (Å²) in [4.78, 5) is 37.0. The topological polar surface area (TPSA) is 152 Å². The van der Waals surface area contributed by atoms with Crippen molar-refractivity contribution in [1.29, 1.82) is 0 Å². The van der Waals surface area contributed by atoms with Crippen molar-refractivity contribution in [1.82, 2.24) is 19.9 Å². The fraction of sp³-hybridized carbons (Fsp3) is 0.273. The number of aromatic amines is 2. The molecule has 3 atom stereocenters. The highest BCUT2D eigenvalue weighted by molar-refractivity contribution is 6.12. The fourth-order valence-corrected chi connectivity index (χ4v) is 2.01. The number of aromatic nitrogens is 4. The van der Waals surface area contributed by atoms with Gasteiger partial charge in [0.05, 0.1) is 0 Å². The lowest BCUT2D eigenvalue weighted by atomic mass is 10.1. The first-order valence-corrected chi connectivity index (χ1v) is 5.73. The monoisotopic (exact) mass is 278 g/mol. The zero-order valence-electron chi connectivity index (χ0n) is 9.94. The number of carbonyl (C=O) groups excluding carboxylic acids is 2. The summed E-state index contributed by atoms with van der Waals surface area (Å²) in [7, 11) is 0. The van der Waals surface area contributed by atoms with Gasteiger partial charge in [-0.15, -0.1) is 0 Å². The van der Waals surface area contributed by atoms with Crippen LogP contribution in [0.3, 0.4) is 0 Å². The number of carbonyl (C=O) groups is 2. The first-order valence-electron chi connectivity index (χ1n) is 5.73. The van der Waals surface area contributed by atoms with Gasteiger partial charge >= 0.3 is 0 Å². The molecule has 0 aromatic carbocycles. The molecule has 0 fully saturated rings. The predicted molar refractivity (Wildman–Crippen MR) is 62.9 cm³/mol. The fourth-order valence-electron chi connectivity index (χ4n) is 2.01. The van der Waals surface area contributed by atoms with Crippen molar-refractivity contribution in [3.05, 3.63) is 23.8 Å². The van der Waals surface area contributed by atoms with Crippen LogP contribution in [0, 0.1) is 0 Å². The van der Waals surface area contributed by atoms with Crippen molar-refractivity contribution in [2.24, 2.45) is 0 Å². The van der Waals surface area contributed by atoms with E-state index in [4.69, 9.17) is 0 Å². The Kier molecular flexibility index (Phi) is 2.74. The highest BCUT2D eigenvalue weighted by Crippen LogP contribution is 2.23. The molecular weight excluding hydrogens is 268 g/mol. The van der Waals surface area contributed by atoms with Gasteiger partial charge in [-0.2, -0.15) is 0 Å². The van der Waals surface area contributed by atoms with Gasteiger partial charge in [0.2, 0.25) is 11.6 Å². The van der Waals surface area contributed by atoms with E-state index in [1.54, 1.807) is 0 Å². The van der Waals surface area contributed by atoms with Gasteiger partial charge in [-0.3, -0.25) is 9.59 Å². The summed E-state index contributed by atoms with van der Waals surface area (Å²) in [6, 6.07) is 0. The van der Waals surface area contributed by atoms with E-state index in [9.17, 15) is 24.9 Å². The summed E-state index contributed by atoms with van der Waals surface area (Å²) in [5.41, 5.74) is -0.589. The van der Waals surface area contributed by atoms with Gasteiger partial charge < -0.3 is 25.3 Å². The van der Waals surface area contributed by atoms with Gasteiger partial charge in [0.15, 0.2) is 11.6 Å². The Balaban J connectivity index is 2.15. The lowest BCUT2D eigenvalue weighted by Gasteiger charge is -2.16. The molecule has 0 aliphatic heterocycles. The summed E-state index contributed by atoms with van der Waals surface area (Å²) < 4.78 is 0. The lowest BCUT2D eigenvalue weighted by molar-refractivity contribution is -0.0341. The Morgan fingerprint density at radius 3 is 2.40 bits per heavy atom. The molecule has 0 amide bonds. The lowest BCUT2D eigenvalue weighted by Crippen LogP contribution is -2.43. The minimum absolute atomic E-state index is 0.123. The quantitative estimate of drug-likeness (QED) is 0.388. The molecule has 9 heteroatoms. The first-order chi connectivity index (χ1) is 9.50. The maximum absolute atomic E-state index is 11.9. The van der Waals surface area contributed by atoms with Crippen molar-refractivity contribution in [3.63, 3.8) is 0 Å². The Hall–Kier alpha value is -2.36. The van der Waals surface area contributed by atoms with Crippen LogP contribution in [0.1, 0.15) is 21.0 Å². The van der Waals surface area contributed by atoms with E-state index in [0.29, 0.717) is 5.82 Å². The van der Waals surface area contributed by atoms with Gasteiger partial charge in [0.1, 0.15) is 29.7 Å². The number of nitrogens with zero attached hydrogens (tertiary/aromatic N) is 2. The standard InChI is InChI=1S/C11H10N4O5/c16-5-3-4(6(17)8(19)9(20)7(5)18)15-11(14-3)10-12-1-2-13-10/h1-2,7-9,18-20H,(H,12,13)(H,14,15). The Bertz CT molecular complexity index is 638. The predicted octanol–water partition coefficient (Wildman–Crippen LogP) is -1.74. The van der Waals surface area contributed by atoms with Crippen LogP contribution in [-0.4, -0.2) is 65.1 Å². The van der Waals surface area contributed by atoms with Crippen LogP contribution in [0.15, 0.2) is 12.4 Å². The Labute approximate surface area is 111 Å². The molecule has 1 aliphatic carbocycles. The van der Waals surface area contributed by atoms with Crippen LogP contribution in [0.2, 0.25) is 0 Å². The zero-order valence-corrected chi connectivity index (χ0v) is 9.94. The number of ketones is 2. The first kappa shape index (κ1) is 12.7. The van der Waals surface area contributed by atoms with Crippen molar-refractivity contribution >= 4 is 11.6 Å². The molecule has 1 aliphatic rings. The molecule has 2 heterocycles. The molecule has 0 spiro atoms. The molecule has 0 saturated heterocycles. The maximum atomic E-state index is 11.9. The third kappa shape index (κ3) is 1.68. The molecular formula is C11H10N4O5. The third-order valence-electron chi connectivity index (χ3n) is 3.09. The van der Waals surface area contributed by atoms with Crippen LogP contribution in [0.4, 0.5) is 0 Å². The Morgan fingerprint density at radius 1 is 1.05 bits per heavy atom. The van der Waals surface area contributed by atoms with E-state index in [0.717, 1.165) is 0 Å². The number of aliphatic hydroxyl groups excluding tert-OH is 3. The van der Waals surface area contributed by atoms with Crippen molar-refractivity contribution in [2.45, 2.75) is 18.3 Å². The number of H-pyrrole nitrogens is 2. The van der Waals surface area contributed by atoms with E-state index in [1.807, 2.05) is 0 Å². The number of hydrogen-bond donors (Lipinski definition) is 5. The third-order valence-corrected chi connectivity index (χ3v) is 3.09. The molecule has 9 nitrogen and oxygen atoms in total. The van der Waals surface area contributed by atoms with Gasteiger partial charge in [0, 0.05) is 12.4 Å². The maximum Gasteiger partial charge on any atom is 0.214 e. The van der Waals surface area contributed by atoms with Crippen LogP contribution in [0.25, 0.3) is 11.6 Å². The van der Waals surface area contributed by atoms with E-state index in [2.05, 4.69) is 19.9 Å². The van der Waals surface area contributed by atoms with E-state index in [-0.39, 0.29) is 17.2 Å². The smallest absolute Gasteiger partial charge is 0.214 e. The second-order valence-corrected chi connectivity index (χ2v) is 4.36. The molecule has 3 rings (SSSR count). The molecule has 0 saturated carbocycles. The molecule has 0 radical (unpaired) electrons. The van der Waals surface area contributed by atoms with Crippen LogP contribution in [0.5, 0.6) is 0 Å². The normalized spacial score (nSPS) is 26.4. The van der Waals surface area contributed by atoms with Gasteiger partial charge in [-0.1, -0.05) is 0 Å². The second kappa shape index (κ2) is 4.34. The van der Waals surface area contributed by atoms with Crippen molar-refractivity contribution in [2.75, 3.05) is 0 Å².